The maximum atomic E-state index is 11.6. The normalized spacial score (nSPS) is 10.1. The Hall–Kier alpha value is -1.59. The number of para-hydroxylation sites is 1. The minimum absolute atomic E-state index is 0.0481. The highest BCUT2D eigenvalue weighted by Crippen LogP contribution is 2.16. The van der Waals surface area contributed by atoms with Crippen molar-refractivity contribution in [3.05, 3.63) is 29.8 Å². The Bertz CT molecular complexity index is 369. The monoisotopic (exact) mass is 238 g/mol. The van der Waals surface area contributed by atoms with Gasteiger partial charge in [0.15, 0.2) is 6.61 Å². The van der Waals surface area contributed by atoms with Crippen LogP contribution in [0.5, 0.6) is 5.75 Å². The Labute approximate surface area is 101 Å². The minimum atomic E-state index is -0.175. The lowest BCUT2D eigenvalue weighted by Crippen LogP contribution is -2.33. The van der Waals surface area contributed by atoms with E-state index >= 15 is 0 Å². The minimum Gasteiger partial charge on any atom is -0.483 e. The molecular formula is C12H18N2O3. The number of benzene rings is 1. The van der Waals surface area contributed by atoms with Gasteiger partial charge in [-0.05, 0) is 6.07 Å². The fourth-order valence-corrected chi connectivity index (χ4v) is 1.34. The molecule has 0 heterocycles. The number of hydrogen-bond donors (Lipinski definition) is 2. The molecule has 0 saturated heterocycles. The second-order valence-electron chi connectivity index (χ2n) is 3.64. The molecule has 0 atom stereocenters. The molecule has 94 valence electrons. The molecule has 0 saturated carbocycles. The lowest BCUT2D eigenvalue weighted by molar-refractivity contribution is -0.132. The highest BCUT2D eigenvalue weighted by Gasteiger charge is 2.09. The van der Waals surface area contributed by atoms with Crippen LogP contribution in [0.2, 0.25) is 0 Å². The molecule has 17 heavy (non-hydrogen) atoms. The Balaban J connectivity index is 2.52. The predicted octanol–water partition coefficient (Wildman–Crippen LogP) is -0.0252. The number of amides is 1. The molecule has 1 amide bonds. The number of aliphatic hydroxyl groups excluding tert-OH is 1. The lowest BCUT2D eigenvalue weighted by Gasteiger charge is -2.16. The van der Waals surface area contributed by atoms with Crippen LogP contribution in [0.25, 0.3) is 0 Å². The van der Waals surface area contributed by atoms with E-state index < -0.39 is 0 Å². The molecule has 0 aliphatic heterocycles. The van der Waals surface area contributed by atoms with Crippen LogP contribution in [0.15, 0.2) is 24.3 Å². The third-order valence-corrected chi connectivity index (χ3v) is 2.40. The molecule has 0 bridgehead atoms. The quantitative estimate of drug-likeness (QED) is 0.730. The highest BCUT2D eigenvalue weighted by molar-refractivity contribution is 5.77. The highest BCUT2D eigenvalue weighted by atomic mass is 16.5. The van der Waals surface area contributed by atoms with Crippen molar-refractivity contribution in [2.75, 3.05) is 26.8 Å². The average Bonchev–Trinajstić information content (AvgIpc) is 2.36. The van der Waals surface area contributed by atoms with Gasteiger partial charge in [-0.3, -0.25) is 4.79 Å². The van der Waals surface area contributed by atoms with Crippen molar-refractivity contribution in [3.8, 4) is 5.75 Å². The van der Waals surface area contributed by atoms with Crippen molar-refractivity contribution in [1.29, 1.82) is 0 Å². The van der Waals surface area contributed by atoms with Gasteiger partial charge in [-0.25, -0.2) is 0 Å². The predicted molar refractivity (Wildman–Crippen MR) is 64.6 cm³/mol. The standard InChI is InChI=1S/C12H18N2O3/c1-14(6-7-15)12(16)9-17-11-5-3-2-4-10(11)8-13/h2-5,15H,6-9,13H2,1H3. The first-order valence-corrected chi connectivity index (χ1v) is 5.44. The fourth-order valence-electron chi connectivity index (χ4n) is 1.34. The van der Waals surface area contributed by atoms with Crippen LogP contribution >= 0.6 is 0 Å². The lowest BCUT2D eigenvalue weighted by atomic mass is 10.2. The van der Waals surface area contributed by atoms with Crippen LogP contribution in [-0.4, -0.2) is 42.7 Å². The van der Waals surface area contributed by atoms with Gasteiger partial charge in [0.05, 0.1) is 6.61 Å². The molecule has 5 heteroatoms. The van der Waals surface area contributed by atoms with Crippen LogP contribution in [0.4, 0.5) is 0 Å². The summed E-state index contributed by atoms with van der Waals surface area (Å²) in [6.45, 7) is 0.576. The molecule has 0 spiro atoms. The van der Waals surface area contributed by atoms with E-state index in [1.807, 2.05) is 18.2 Å². The van der Waals surface area contributed by atoms with Gasteiger partial charge < -0.3 is 20.5 Å². The SMILES string of the molecule is CN(CCO)C(=O)COc1ccccc1CN. The maximum absolute atomic E-state index is 11.6. The number of rotatable bonds is 6. The molecule has 0 fully saturated rings. The van der Waals surface area contributed by atoms with Crippen LogP contribution in [-0.2, 0) is 11.3 Å². The van der Waals surface area contributed by atoms with Crippen LogP contribution in [0, 0.1) is 0 Å². The molecule has 0 unspecified atom stereocenters. The van der Waals surface area contributed by atoms with Gasteiger partial charge >= 0.3 is 0 Å². The van der Waals surface area contributed by atoms with Gasteiger partial charge in [0.25, 0.3) is 5.91 Å². The molecule has 1 rings (SSSR count). The number of nitrogens with two attached hydrogens (primary N) is 1. The van der Waals surface area contributed by atoms with Gasteiger partial charge in [0.2, 0.25) is 0 Å². The van der Waals surface area contributed by atoms with Crippen molar-refractivity contribution in [2.24, 2.45) is 5.73 Å². The van der Waals surface area contributed by atoms with Crippen LogP contribution in [0.3, 0.4) is 0 Å². The first-order valence-electron chi connectivity index (χ1n) is 5.44. The van der Waals surface area contributed by atoms with Gasteiger partial charge in [0.1, 0.15) is 5.75 Å². The second-order valence-corrected chi connectivity index (χ2v) is 3.64. The summed E-state index contributed by atoms with van der Waals surface area (Å²) < 4.78 is 5.40. The molecular weight excluding hydrogens is 220 g/mol. The molecule has 1 aromatic rings. The Morgan fingerprint density at radius 3 is 2.82 bits per heavy atom. The smallest absolute Gasteiger partial charge is 0.260 e. The molecule has 0 aromatic heterocycles. The van der Waals surface area contributed by atoms with E-state index in [9.17, 15) is 4.79 Å². The van der Waals surface area contributed by atoms with E-state index in [2.05, 4.69) is 0 Å². The number of nitrogens with zero attached hydrogens (tertiary/aromatic N) is 1. The van der Waals surface area contributed by atoms with Crippen molar-refractivity contribution < 1.29 is 14.6 Å². The second kappa shape index (κ2) is 6.88. The van der Waals surface area contributed by atoms with E-state index in [4.69, 9.17) is 15.6 Å². The third kappa shape index (κ3) is 4.05. The van der Waals surface area contributed by atoms with Gasteiger partial charge in [0, 0.05) is 25.7 Å². The summed E-state index contributed by atoms with van der Waals surface area (Å²) in [5.41, 5.74) is 6.42. The number of carbonyl (C=O) groups is 1. The summed E-state index contributed by atoms with van der Waals surface area (Å²) in [6, 6.07) is 7.34. The van der Waals surface area contributed by atoms with E-state index in [0.29, 0.717) is 18.8 Å². The summed E-state index contributed by atoms with van der Waals surface area (Å²) in [7, 11) is 1.62. The number of aliphatic hydroxyl groups is 1. The van der Waals surface area contributed by atoms with Crippen LogP contribution in [0.1, 0.15) is 5.56 Å². The molecule has 5 nitrogen and oxygen atoms in total. The summed E-state index contributed by atoms with van der Waals surface area (Å²) >= 11 is 0. The van der Waals surface area contributed by atoms with Crippen molar-refractivity contribution in [3.63, 3.8) is 0 Å². The first-order chi connectivity index (χ1) is 8.19. The van der Waals surface area contributed by atoms with Crippen molar-refractivity contribution in [2.45, 2.75) is 6.54 Å². The zero-order valence-corrected chi connectivity index (χ0v) is 9.93. The number of ether oxygens (including phenoxy) is 1. The largest absolute Gasteiger partial charge is 0.483 e. The topological polar surface area (TPSA) is 75.8 Å². The van der Waals surface area contributed by atoms with Crippen molar-refractivity contribution >= 4 is 5.91 Å². The molecule has 0 aliphatic carbocycles. The first kappa shape index (κ1) is 13.5. The van der Waals surface area contributed by atoms with E-state index in [1.165, 1.54) is 4.90 Å². The maximum Gasteiger partial charge on any atom is 0.260 e. The summed E-state index contributed by atoms with van der Waals surface area (Å²) in [6.07, 6.45) is 0. The van der Waals surface area contributed by atoms with Gasteiger partial charge in [-0.1, -0.05) is 18.2 Å². The number of carbonyl (C=O) groups excluding carboxylic acids is 1. The summed E-state index contributed by atoms with van der Waals surface area (Å²) in [5.74, 6) is 0.451. The zero-order valence-electron chi connectivity index (χ0n) is 9.93. The Morgan fingerprint density at radius 1 is 1.47 bits per heavy atom. The molecule has 0 radical (unpaired) electrons. The van der Waals surface area contributed by atoms with E-state index in [0.717, 1.165) is 5.56 Å². The Morgan fingerprint density at radius 2 is 2.18 bits per heavy atom. The van der Waals surface area contributed by atoms with Gasteiger partial charge in [-0.2, -0.15) is 0 Å². The van der Waals surface area contributed by atoms with E-state index in [-0.39, 0.29) is 19.1 Å². The van der Waals surface area contributed by atoms with Crippen LogP contribution < -0.4 is 10.5 Å². The summed E-state index contributed by atoms with van der Waals surface area (Å²) in [5, 5.41) is 8.70. The molecule has 3 N–H and O–H groups in total. The van der Waals surface area contributed by atoms with E-state index in [1.54, 1.807) is 13.1 Å². The third-order valence-electron chi connectivity index (χ3n) is 2.40. The summed E-state index contributed by atoms with van der Waals surface area (Å²) in [4.78, 5) is 13.0. The zero-order chi connectivity index (χ0) is 12.7. The molecule has 0 aliphatic rings. The number of likely N-dealkylation sites (N-methyl/N-ethyl adjacent to an activating group) is 1. The van der Waals surface area contributed by atoms with Gasteiger partial charge in [-0.15, -0.1) is 0 Å². The van der Waals surface area contributed by atoms with Crippen molar-refractivity contribution in [1.82, 2.24) is 4.90 Å². The average molecular weight is 238 g/mol. The number of hydrogen-bond acceptors (Lipinski definition) is 4. The molecule has 1 aromatic carbocycles. The Kier molecular flexibility index (Phi) is 5.45. The fraction of sp³-hybridized carbons (Fsp3) is 0.417.